The van der Waals surface area contributed by atoms with Crippen molar-refractivity contribution in [2.45, 2.75) is 0 Å². The van der Waals surface area contributed by atoms with E-state index in [0.29, 0.717) is 16.5 Å². The summed E-state index contributed by atoms with van der Waals surface area (Å²) < 4.78 is 16.8. The number of carbonyl (C=O) groups excluding carboxylic acids is 1. The van der Waals surface area contributed by atoms with E-state index in [-0.39, 0.29) is 11.7 Å². The molecule has 2 aromatic heterocycles. The zero-order chi connectivity index (χ0) is 21.9. The lowest BCUT2D eigenvalue weighted by Crippen LogP contribution is -2.10. The summed E-state index contributed by atoms with van der Waals surface area (Å²) in [6, 6.07) is 24.4. The first kappa shape index (κ1) is 19.8. The molecule has 0 saturated carbocycles. The molecule has 0 saturated heterocycles. The standard InChI is InChI=1S/C25H18N2O4S/c1-29-21-9-5-6-17-14-22(31-23(17)21)24(28)27-25-26-20(15-32-25)16-10-12-19(13-11-16)30-18-7-3-2-4-8-18/h2-15H,1H3,(H,26,27,28). The predicted molar refractivity (Wildman–Crippen MR) is 125 cm³/mol. The third-order valence-electron chi connectivity index (χ3n) is 4.81. The lowest BCUT2D eigenvalue weighted by atomic mass is 10.2. The lowest BCUT2D eigenvalue weighted by molar-refractivity contribution is 0.0998. The van der Waals surface area contributed by atoms with Gasteiger partial charge in [-0.15, -0.1) is 11.3 Å². The van der Waals surface area contributed by atoms with Crippen LogP contribution in [-0.4, -0.2) is 18.0 Å². The maximum Gasteiger partial charge on any atom is 0.293 e. The van der Waals surface area contributed by atoms with Crippen LogP contribution in [0.3, 0.4) is 0 Å². The second-order valence-corrected chi connectivity index (χ2v) is 7.78. The summed E-state index contributed by atoms with van der Waals surface area (Å²) in [7, 11) is 1.56. The highest BCUT2D eigenvalue weighted by Crippen LogP contribution is 2.31. The summed E-state index contributed by atoms with van der Waals surface area (Å²) in [6.45, 7) is 0. The van der Waals surface area contributed by atoms with Crippen molar-refractivity contribution in [1.82, 2.24) is 4.98 Å². The molecule has 0 aliphatic carbocycles. The molecule has 0 radical (unpaired) electrons. The van der Waals surface area contributed by atoms with Gasteiger partial charge in [0.15, 0.2) is 22.2 Å². The molecule has 0 atom stereocenters. The number of anilines is 1. The molecule has 3 aromatic carbocycles. The first-order valence-corrected chi connectivity index (χ1v) is 10.7. The second-order valence-electron chi connectivity index (χ2n) is 6.92. The monoisotopic (exact) mass is 442 g/mol. The maximum atomic E-state index is 12.7. The number of thiazole rings is 1. The number of aromatic nitrogens is 1. The Morgan fingerprint density at radius 2 is 1.75 bits per heavy atom. The Hall–Kier alpha value is -4.10. The molecule has 5 rings (SSSR count). The SMILES string of the molecule is COc1cccc2cc(C(=O)Nc3nc(-c4ccc(Oc5ccccc5)cc4)cs3)oc12. The van der Waals surface area contributed by atoms with Gasteiger partial charge < -0.3 is 13.9 Å². The van der Waals surface area contributed by atoms with Crippen LogP contribution in [-0.2, 0) is 0 Å². The Morgan fingerprint density at radius 1 is 0.969 bits per heavy atom. The number of hydrogen-bond donors (Lipinski definition) is 1. The Morgan fingerprint density at radius 3 is 2.53 bits per heavy atom. The molecular weight excluding hydrogens is 424 g/mol. The van der Waals surface area contributed by atoms with Crippen molar-refractivity contribution in [3.8, 4) is 28.5 Å². The van der Waals surface area contributed by atoms with Gasteiger partial charge >= 0.3 is 0 Å². The summed E-state index contributed by atoms with van der Waals surface area (Å²) in [5.74, 6) is 1.93. The number of fused-ring (bicyclic) bond motifs is 1. The Bertz CT molecular complexity index is 1370. The van der Waals surface area contributed by atoms with Gasteiger partial charge in [-0.1, -0.05) is 30.3 Å². The molecule has 6 nitrogen and oxygen atoms in total. The van der Waals surface area contributed by atoms with E-state index in [1.54, 1.807) is 19.2 Å². The first-order valence-electron chi connectivity index (χ1n) is 9.86. The first-order chi connectivity index (χ1) is 15.7. The van der Waals surface area contributed by atoms with Crippen LogP contribution in [0, 0.1) is 0 Å². The van der Waals surface area contributed by atoms with Gasteiger partial charge in [0.05, 0.1) is 12.8 Å². The summed E-state index contributed by atoms with van der Waals surface area (Å²) in [5.41, 5.74) is 2.23. The van der Waals surface area contributed by atoms with Crippen LogP contribution in [0.15, 0.2) is 88.7 Å². The van der Waals surface area contributed by atoms with Crippen LogP contribution in [0.5, 0.6) is 17.2 Å². The molecule has 0 bridgehead atoms. The zero-order valence-electron chi connectivity index (χ0n) is 17.1. The van der Waals surface area contributed by atoms with E-state index in [4.69, 9.17) is 13.9 Å². The van der Waals surface area contributed by atoms with Gasteiger partial charge in [0.1, 0.15) is 11.5 Å². The molecule has 7 heteroatoms. The number of methoxy groups -OCH3 is 1. The van der Waals surface area contributed by atoms with E-state index in [1.165, 1.54) is 11.3 Å². The third kappa shape index (κ3) is 4.06. The number of hydrogen-bond acceptors (Lipinski definition) is 6. The Kier molecular flexibility index (Phi) is 5.31. The second kappa shape index (κ2) is 8.56. The summed E-state index contributed by atoms with van der Waals surface area (Å²) in [4.78, 5) is 17.2. The van der Waals surface area contributed by atoms with E-state index in [2.05, 4.69) is 10.3 Å². The molecule has 0 aliphatic heterocycles. The molecule has 5 aromatic rings. The van der Waals surface area contributed by atoms with Crippen LogP contribution >= 0.6 is 11.3 Å². The van der Waals surface area contributed by atoms with E-state index in [0.717, 1.165) is 28.1 Å². The topological polar surface area (TPSA) is 73.6 Å². The largest absolute Gasteiger partial charge is 0.493 e. The van der Waals surface area contributed by atoms with Gasteiger partial charge in [-0.25, -0.2) is 4.98 Å². The normalized spacial score (nSPS) is 10.8. The van der Waals surface area contributed by atoms with Gasteiger partial charge in [-0.2, -0.15) is 0 Å². The van der Waals surface area contributed by atoms with Gasteiger partial charge in [0.25, 0.3) is 5.91 Å². The molecule has 2 heterocycles. The fourth-order valence-corrected chi connectivity index (χ4v) is 3.96. The number of carbonyl (C=O) groups is 1. The smallest absolute Gasteiger partial charge is 0.293 e. The minimum absolute atomic E-state index is 0.198. The molecule has 0 fully saturated rings. The Balaban J connectivity index is 1.29. The molecule has 158 valence electrons. The molecule has 0 unspecified atom stereocenters. The lowest BCUT2D eigenvalue weighted by Gasteiger charge is -2.05. The summed E-state index contributed by atoms with van der Waals surface area (Å²) in [5, 5.41) is 5.98. The van der Waals surface area contributed by atoms with Crippen LogP contribution < -0.4 is 14.8 Å². The van der Waals surface area contributed by atoms with Crippen LogP contribution in [0.25, 0.3) is 22.2 Å². The maximum absolute atomic E-state index is 12.7. The molecule has 1 N–H and O–H groups in total. The molecule has 0 spiro atoms. The van der Waals surface area contributed by atoms with E-state index in [1.807, 2.05) is 72.1 Å². The minimum Gasteiger partial charge on any atom is -0.493 e. The van der Waals surface area contributed by atoms with Crippen molar-refractivity contribution >= 4 is 33.3 Å². The van der Waals surface area contributed by atoms with Crippen molar-refractivity contribution < 1.29 is 18.7 Å². The van der Waals surface area contributed by atoms with Gasteiger partial charge in [-0.05, 0) is 48.5 Å². The number of para-hydroxylation sites is 2. The van der Waals surface area contributed by atoms with Crippen LogP contribution in [0.1, 0.15) is 10.6 Å². The quantitative estimate of drug-likeness (QED) is 0.320. The van der Waals surface area contributed by atoms with Crippen molar-refractivity contribution in [2.75, 3.05) is 12.4 Å². The van der Waals surface area contributed by atoms with E-state index < -0.39 is 0 Å². The average molecular weight is 442 g/mol. The fraction of sp³-hybridized carbons (Fsp3) is 0.0400. The van der Waals surface area contributed by atoms with Crippen molar-refractivity contribution in [3.05, 3.63) is 90.0 Å². The average Bonchev–Trinajstić information content (AvgIpc) is 3.47. The Labute approximate surface area is 188 Å². The number of nitrogens with one attached hydrogen (secondary N) is 1. The zero-order valence-corrected chi connectivity index (χ0v) is 17.9. The van der Waals surface area contributed by atoms with Crippen molar-refractivity contribution in [1.29, 1.82) is 0 Å². The van der Waals surface area contributed by atoms with E-state index >= 15 is 0 Å². The molecular formula is C25H18N2O4S. The number of amides is 1. The number of rotatable bonds is 6. The molecule has 0 aliphatic rings. The highest BCUT2D eigenvalue weighted by Gasteiger charge is 2.16. The minimum atomic E-state index is -0.365. The number of furan rings is 1. The van der Waals surface area contributed by atoms with Crippen molar-refractivity contribution in [3.63, 3.8) is 0 Å². The molecule has 1 amide bonds. The summed E-state index contributed by atoms with van der Waals surface area (Å²) in [6.07, 6.45) is 0. The van der Waals surface area contributed by atoms with Gasteiger partial charge in [0.2, 0.25) is 0 Å². The fourth-order valence-electron chi connectivity index (χ4n) is 3.25. The number of nitrogens with zero attached hydrogens (tertiary/aromatic N) is 1. The van der Waals surface area contributed by atoms with Crippen molar-refractivity contribution in [2.24, 2.45) is 0 Å². The van der Waals surface area contributed by atoms with Gasteiger partial charge in [0, 0.05) is 16.3 Å². The third-order valence-corrected chi connectivity index (χ3v) is 5.56. The number of benzene rings is 3. The van der Waals surface area contributed by atoms with Crippen LogP contribution in [0.4, 0.5) is 5.13 Å². The van der Waals surface area contributed by atoms with Crippen LogP contribution in [0.2, 0.25) is 0 Å². The highest BCUT2D eigenvalue weighted by atomic mass is 32.1. The van der Waals surface area contributed by atoms with E-state index in [9.17, 15) is 4.79 Å². The predicted octanol–water partition coefficient (Wildman–Crippen LogP) is 6.61. The summed E-state index contributed by atoms with van der Waals surface area (Å²) >= 11 is 1.35. The van der Waals surface area contributed by atoms with Gasteiger partial charge in [-0.3, -0.25) is 10.1 Å². The highest BCUT2D eigenvalue weighted by molar-refractivity contribution is 7.14. The molecule has 32 heavy (non-hydrogen) atoms. The number of ether oxygens (including phenoxy) is 2.